The first-order chi connectivity index (χ1) is 37.6. The number of nitrogens with one attached hydrogen (secondary N) is 1. The molecule has 0 saturated carbocycles. The first-order valence-corrected chi connectivity index (χ1v) is 31.7. The Bertz CT molecular complexity index is 1430. The van der Waals surface area contributed by atoms with Crippen LogP contribution >= 0.6 is 0 Å². The first-order valence-electron chi connectivity index (χ1n) is 31.7. The second-order valence-electron chi connectivity index (χ2n) is 22.5. The summed E-state index contributed by atoms with van der Waals surface area (Å²) < 4.78 is 22.8. The molecule has 0 radical (unpaired) electrons. The minimum Gasteiger partial charge on any atom is -0.394 e. The first kappa shape index (κ1) is 71.3. The molecule has 77 heavy (non-hydrogen) atoms. The lowest BCUT2D eigenvalue weighted by molar-refractivity contribution is -0.359. The van der Waals surface area contributed by atoms with Crippen molar-refractivity contribution >= 4 is 5.91 Å². The number of carbonyl (C=O) groups is 1. The zero-order chi connectivity index (χ0) is 56.0. The van der Waals surface area contributed by atoms with Gasteiger partial charge in [0.15, 0.2) is 12.6 Å². The third kappa shape index (κ3) is 34.3. The van der Waals surface area contributed by atoms with Crippen molar-refractivity contribution in [2.24, 2.45) is 0 Å². The van der Waals surface area contributed by atoms with E-state index in [4.69, 9.17) is 18.9 Å². The van der Waals surface area contributed by atoms with Crippen LogP contribution in [0.3, 0.4) is 0 Å². The molecule has 14 heteroatoms. The normalized spacial score (nSPS) is 24.9. The van der Waals surface area contributed by atoms with Crippen molar-refractivity contribution in [3.05, 3.63) is 36.5 Å². The smallest absolute Gasteiger partial charge is 0.220 e. The third-order valence-corrected chi connectivity index (χ3v) is 15.5. The molecule has 1 amide bonds. The fraction of sp³-hybridized carbons (Fsp3) is 0.889. The molecule has 0 spiro atoms. The van der Waals surface area contributed by atoms with Gasteiger partial charge in [0, 0.05) is 6.42 Å². The van der Waals surface area contributed by atoms with E-state index in [1.165, 1.54) is 180 Å². The van der Waals surface area contributed by atoms with Crippen LogP contribution in [0, 0.1) is 0 Å². The highest BCUT2D eigenvalue weighted by atomic mass is 16.7. The predicted octanol–water partition coefficient (Wildman–Crippen LogP) is 11.4. The zero-order valence-corrected chi connectivity index (χ0v) is 48.7. The Hall–Kier alpha value is -1.79. The topological polar surface area (TPSA) is 228 Å². The van der Waals surface area contributed by atoms with Crippen LogP contribution in [0.2, 0.25) is 0 Å². The van der Waals surface area contributed by atoms with E-state index in [0.717, 1.165) is 51.4 Å². The van der Waals surface area contributed by atoms with Crippen LogP contribution in [0.4, 0.5) is 0 Å². The molecule has 2 aliphatic rings. The third-order valence-electron chi connectivity index (χ3n) is 15.5. The number of hydrogen-bond acceptors (Lipinski definition) is 13. The lowest BCUT2D eigenvalue weighted by atomic mass is 9.97. The Morgan fingerprint density at radius 2 is 0.831 bits per heavy atom. The van der Waals surface area contributed by atoms with Gasteiger partial charge in [-0.1, -0.05) is 237 Å². The molecule has 0 aromatic carbocycles. The molecule has 0 bridgehead atoms. The number of amides is 1. The molecule has 0 aliphatic carbocycles. The Balaban J connectivity index is 1.73. The van der Waals surface area contributed by atoms with Crippen LogP contribution in [0.25, 0.3) is 0 Å². The minimum absolute atomic E-state index is 0.256. The average molecular weight is 1100 g/mol. The number of rotatable bonds is 51. The van der Waals surface area contributed by atoms with Gasteiger partial charge < -0.3 is 65.1 Å². The summed E-state index contributed by atoms with van der Waals surface area (Å²) in [5.41, 5.74) is 0. The Labute approximate surface area is 468 Å². The maximum atomic E-state index is 13.2. The molecule has 0 aromatic heterocycles. The second-order valence-corrected chi connectivity index (χ2v) is 22.5. The van der Waals surface area contributed by atoms with Gasteiger partial charge in [-0.3, -0.25) is 4.79 Å². The Kier molecular flexibility index (Phi) is 45.3. The van der Waals surface area contributed by atoms with Crippen LogP contribution in [0.1, 0.15) is 264 Å². The monoisotopic (exact) mass is 1100 g/mol. The van der Waals surface area contributed by atoms with Crippen molar-refractivity contribution in [2.75, 3.05) is 19.8 Å². The summed E-state index contributed by atoms with van der Waals surface area (Å²) in [6.07, 6.45) is 43.5. The van der Waals surface area contributed by atoms with E-state index in [0.29, 0.717) is 12.8 Å². The number of unbranched alkanes of at least 4 members (excludes halogenated alkanes) is 34. The Morgan fingerprint density at radius 1 is 0.455 bits per heavy atom. The molecule has 452 valence electrons. The summed E-state index contributed by atoms with van der Waals surface area (Å²) in [7, 11) is 0. The van der Waals surface area contributed by atoms with E-state index < -0.39 is 86.8 Å². The minimum atomic E-state index is -1.79. The molecule has 2 rings (SSSR count). The summed E-state index contributed by atoms with van der Waals surface area (Å²) in [5, 5.41) is 87.1. The van der Waals surface area contributed by atoms with Crippen LogP contribution in [-0.4, -0.2) is 140 Å². The molecule has 12 unspecified atom stereocenters. The van der Waals surface area contributed by atoms with Gasteiger partial charge in [-0.05, 0) is 57.8 Å². The molecule has 2 saturated heterocycles. The van der Waals surface area contributed by atoms with Crippen molar-refractivity contribution in [3.8, 4) is 0 Å². The van der Waals surface area contributed by atoms with Gasteiger partial charge in [0.05, 0.1) is 32.0 Å². The van der Waals surface area contributed by atoms with Gasteiger partial charge in [-0.2, -0.15) is 0 Å². The molecule has 9 N–H and O–H groups in total. The second kappa shape index (κ2) is 48.9. The number of allylic oxidation sites excluding steroid dienone is 5. The highest BCUT2D eigenvalue weighted by Gasteiger charge is 2.51. The van der Waals surface area contributed by atoms with Gasteiger partial charge in [-0.25, -0.2) is 0 Å². The van der Waals surface area contributed by atoms with E-state index in [1.54, 1.807) is 6.08 Å². The van der Waals surface area contributed by atoms with Gasteiger partial charge in [0.2, 0.25) is 5.91 Å². The van der Waals surface area contributed by atoms with Gasteiger partial charge in [-0.15, -0.1) is 0 Å². The zero-order valence-electron chi connectivity index (χ0n) is 48.7. The highest BCUT2D eigenvalue weighted by molar-refractivity contribution is 5.76. The van der Waals surface area contributed by atoms with E-state index in [9.17, 15) is 45.6 Å². The largest absolute Gasteiger partial charge is 0.394 e. The molecule has 12 atom stereocenters. The Morgan fingerprint density at radius 3 is 1.27 bits per heavy atom. The lowest BCUT2D eigenvalue weighted by Crippen LogP contribution is -2.65. The number of aliphatic hydroxyl groups is 8. The van der Waals surface area contributed by atoms with Gasteiger partial charge >= 0.3 is 0 Å². The van der Waals surface area contributed by atoms with E-state index in [2.05, 4.69) is 43.5 Å². The number of ether oxygens (including phenoxy) is 4. The standard InChI is InChI=1S/C63H117NO13/c1-3-5-7-9-11-13-15-17-19-20-21-22-23-24-25-26-27-28-29-30-31-33-34-36-38-40-42-44-46-52(67)51(64-55(68)47-45-43-41-39-37-35-32-18-16-14-12-10-8-6-4-2)50-74-62-60(73)58(71)61(54(49-66)76-62)77-63-59(72)57(70)56(69)53(48-65)75-63/h18,32,36,38,44,46,51-54,56-63,65-67,69-73H,3-17,19-31,33-35,37,39-43,45,47-50H2,1-2H3,(H,64,68)/b32-18-,38-36+,46-44+. The summed E-state index contributed by atoms with van der Waals surface area (Å²) in [6, 6.07) is -0.935. The van der Waals surface area contributed by atoms with Crippen molar-refractivity contribution in [1.82, 2.24) is 5.32 Å². The maximum Gasteiger partial charge on any atom is 0.220 e. The van der Waals surface area contributed by atoms with E-state index in [-0.39, 0.29) is 18.9 Å². The average Bonchev–Trinajstić information content (AvgIpc) is 3.44. The van der Waals surface area contributed by atoms with Crippen LogP contribution in [0.15, 0.2) is 36.5 Å². The fourth-order valence-electron chi connectivity index (χ4n) is 10.4. The highest BCUT2D eigenvalue weighted by Crippen LogP contribution is 2.30. The van der Waals surface area contributed by atoms with Crippen molar-refractivity contribution in [2.45, 2.75) is 338 Å². The summed E-state index contributed by atoms with van der Waals surface area (Å²) in [5.74, 6) is -0.256. The molecule has 2 fully saturated rings. The number of hydrogen-bond donors (Lipinski definition) is 9. The fourth-order valence-corrected chi connectivity index (χ4v) is 10.4. The van der Waals surface area contributed by atoms with E-state index in [1.807, 2.05) is 6.08 Å². The van der Waals surface area contributed by atoms with Crippen LogP contribution in [0.5, 0.6) is 0 Å². The van der Waals surface area contributed by atoms with Gasteiger partial charge in [0.1, 0.15) is 48.8 Å². The van der Waals surface area contributed by atoms with Crippen LogP contribution < -0.4 is 5.32 Å². The molecular weight excluding hydrogens is 979 g/mol. The summed E-state index contributed by atoms with van der Waals surface area (Å²) in [4.78, 5) is 13.2. The van der Waals surface area contributed by atoms with E-state index >= 15 is 0 Å². The van der Waals surface area contributed by atoms with Crippen molar-refractivity contribution in [3.63, 3.8) is 0 Å². The number of carbonyl (C=O) groups excluding carboxylic acids is 1. The molecule has 0 aromatic rings. The lowest BCUT2D eigenvalue weighted by Gasteiger charge is -2.46. The van der Waals surface area contributed by atoms with Gasteiger partial charge in [0.25, 0.3) is 0 Å². The maximum absolute atomic E-state index is 13.2. The van der Waals surface area contributed by atoms with Crippen LogP contribution in [-0.2, 0) is 23.7 Å². The summed E-state index contributed by atoms with van der Waals surface area (Å²) >= 11 is 0. The van der Waals surface area contributed by atoms with Crippen molar-refractivity contribution < 1.29 is 64.6 Å². The number of aliphatic hydroxyl groups excluding tert-OH is 8. The summed E-state index contributed by atoms with van der Waals surface area (Å²) in [6.45, 7) is 2.79. The van der Waals surface area contributed by atoms with Crippen molar-refractivity contribution in [1.29, 1.82) is 0 Å². The molecule has 2 aliphatic heterocycles. The molecular formula is C63H117NO13. The predicted molar refractivity (Wildman–Crippen MR) is 309 cm³/mol. The SMILES string of the molecule is CCCCCCCC/C=C\CCCCCCCC(=O)NC(COC1OC(CO)C(OC2OC(CO)C(O)C(O)C2O)C(O)C1O)C(O)/C=C/CC/C=C/CCCCCCCCCCCCCCCCCCCCCCCC. The quantitative estimate of drug-likeness (QED) is 0.0204. The molecule has 2 heterocycles. The molecule has 14 nitrogen and oxygen atoms in total.